The van der Waals surface area contributed by atoms with Crippen LogP contribution in [0.2, 0.25) is 0 Å². The zero-order valence-electron chi connectivity index (χ0n) is 8.75. The molecule has 1 nitrogen and oxygen atoms in total. The van der Waals surface area contributed by atoms with Crippen LogP contribution in [0, 0.1) is 0 Å². The number of rotatable bonds is 6. The van der Waals surface area contributed by atoms with Gasteiger partial charge in [-0.25, -0.2) is 0 Å². The van der Waals surface area contributed by atoms with Gasteiger partial charge >= 0.3 is 0 Å². The average molecular weight is 219 g/mol. The standard InChI is InChI=1S/C10H21NS2/c1-4-6-8-11(9-7-5-2)10(12)13-3/h13H,3-9H2,1-2H3. The Bertz CT molecular complexity index is 149. The fourth-order valence-corrected chi connectivity index (χ4v) is 1.68. The van der Waals surface area contributed by atoms with E-state index in [9.17, 15) is 0 Å². The molecule has 3 heteroatoms. The summed E-state index contributed by atoms with van der Waals surface area (Å²) in [5, 5.41) is 0. The van der Waals surface area contributed by atoms with Crippen molar-refractivity contribution in [1.29, 1.82) is 0 Å². The molecule has 0 saturated carbocycles. The predicted molar refractivity (Wildman–Crippen MR) is 70.1 cm³/mol. The van der Waals surface area contributed by atoms with Gasteiger partial charge in [0.2, 0.25) is 0 Å². The maximum Gasteiger partial charge on any atom is 0.127 e. The van der Waals surface area contributed by atoms with Crippen LogP contribution in [0.15, 0.2) is 0 Å². The first-order chi connectivity index (χ1) is 6.26. The average Bonchev–Trinajstić information content (AvgIpc) is 2.17. The number of hydrogen-bond donors (Lipinski definition) is 1. The van der Waals surface area contributed by atoms with Gasteiger partial charge in [0, 0.05) is 13.1 Å². The van der Waals surface area contributed by atoms with Crippen LogP contribution >= 0.6 is 23.6 Å². The van der Waals surface area contributed by atoms with E-state index in [2.05, 4.69) is 24.6 Å². The van der Waals surface area contributed by atoms with Crippen LogP contribution in [-0.2, 0) is 0 Å². The Morgan fingerprint density at radius 1 is 1.23 bits per heavy atom. The summed E-state index contributed by atoms with van der Waals surface area (Å²) in [4.78, 5) is 2.30. The highest BCUT2D eigenvalue weighted by Crippen LogP contribution is 2.05. The molecular formula is C10H21NS2. The lowest BCUT2D eigenvalue weighted by Gasteiger charge is -2.22. The lowest BCUT2D eigenvalue weighted by molar-refractivity contribution is 0.411. The molecule has 0 unspecified atom stereocenters. The van der Waals surface area contributed by atoms with Crippen molar-refractivity contribution in [2.24, 2.45) is 0 Å². The van der Waals surface area contributed by atoms with Crippen LogP contribution < -0.4 is 0 Å². The fourth-order valence-electron chi connectivity index (χ4n) is 1.10. The van der Waals surface area contributed by atoms with Crippen molar-refractivity contribution >= 4 is 33.8 Å². The normalized spacial score (nSPS) is 10.0. The largest absolute Gasteiger partial charge is 0.358 e. The zero-order chi connectivity index (χ0) is 10.1. The molecule has 0 heterocycles. The second-order valence-corrected chi connectivity index (χ2v) is 4.56. The molecule has 0 spiro atoms. The molecule has 13 heavy (non-hydrogen) atoms. The van der Waals surface area contributed by atoms with E-state index in [-0.39, 0.29) is 0 Å². The molecule has 78 valence electrons. The third-order valence-corrected chi connectivity index (χ3v) is 3.17. The van der Waals surface area contributed by atoms with Crippen molar-refractivity contribution < 1.29 is 0 Å². The van der Waals surface area contributed by atoms with Gasteiger partial charge in [-0.1, -0.05) is 44.8 Å². The topological polar surface area (TPSA) is 3.24 Å². The zero-order valence-corrected chi connectivity index (χ0v) is 10.5. The van der Waals surface area contributed by atoms with Crippen LogP contribution in [0.3, 0.4) is 0 Å². The van der Waals surface area contributed by atoms with Crippen molar-refractivity contribution in [3.05, 3.63) is 0 Å². The van der Waals surface area contributed by atoms with E-state index < -0.39 is 0 Å². The molecule has 0 radical (unpaired) electrons. The van der Waals surface area contributed by atoms with E-state index in [1.165, 1.54) is 25.7 Å². The molecule has 0 aliphatic carbocycles. The quantitative estimate of drug-likeness (QED) is 0.540. The van der Waals surface area contributed by atoms with Crippen molar-refractivity contribution in [1.82, 2.24) is 4.90 Å². The lowest BCUT2D eigenvalue weighted by Crippen LogP contribution is -2.28. The highest BCUT2D eigenvalue weighted by Gasteiger charge is 2.04. The van der Waals surface area contributed by atoms with Crippen LogP contribution in [0.4, 0.5) is 0 Å². The fraction of sp³-hybridized carbons (Fsp3) is 0.800. The maximum atomic E-state index is 5.25. The number of unbranched alkanes of at least 4 members (excludes halogenated alkanes) is 2. The molecule has 0 bridgehead atoms. The second-order valence-electron chi connectivity index (χ2n) is 3.13. The molecule has 0 saturated heterocycles. The molecular weight excluding hydrogens is 198 g/mol. The van der Waals surface area contributed by atoms with E-state index in [1.54, 1.807) is 0 Å². The summed E-state index contributed by atoms with van der Waals surface area (Å²) in [5.74, 6) is 3.81. The smallest absolute Gasteiger partial charge is 0.127 e. The van der Waals surface area contributed by atoms with E-state index >= 15 is 0 Å². The number of thiocarbonyl (C=S) groups is 1. The van der Waals surface area contributed by atoms with Gasteiger partial charge in [-0.05, 0) is 12.8 Å². The molecule has 0 aliphatic heterocycles. The van der Waals surface area contributed by atoms with E-state index in [0.717, 1.165) is 28.8 Å². The van der Waals surface area contributed by atoms with Crippen molar-refractivity contribution in [3.8, 4) is 0 Å². The van der Waals surface area contributed by atoms with Gasteiger partial charge in [0.05, 0.1) is 0 Å². The third-order valence-electron chi connectivity index (χ3n) is 1.97. The Balaban J connectivity index is 3.86. The monoisotopic (exact) mass is 219 g/mol. The minimum absolute atomic E-state index is 0.991. The number of hydrogen-bond acceptors (Lipinski definition) is 1. The summed E-state index contributed by atoms with van der Waals surface area (Å²) in [6, 6.07) is 0. The third kappa shape index (κ3) is 6.22. The molecule has 0 amide bonds. The first-order valence-electron chi connectivity index (χ1n) is 5.01. The molecule has 0 aromatic rings. The van der Waals surface area contributed by atoms with E-state index in [0.29, 0.717) is 0 Å². The number of nitrogens with zero attached hydrogens (tertiary/aromatic N) is 1. The van der Waals surface area contributed by atoms with Gasteiger partial charge in [-0.15, -0.1) is 11.4 Å². The summed E-state index contributed by atoms with van der Waals surface area (Å²) >= 11 is 6.25. The van der Waals surface area contributed by atoms with Crippen LogP contribution in [0.5, 0.6) is 0 Å². The first kappa shape index (κ1) is 13.1. The van der Waals surface area contributed by atoms with Crippen LogP contribution in [0.25, 0.3) is 0 Å². The minimum atomic E-state index is 0.991. The summed E-state index contributed by atoms with van der Waals surface area (Å²) in [5.41, 5.74) is 0. The van der Waals surface area contributed by atoms with Gasteiger partial charge in [-0.3, -0.25) is 0 Å². The Kier molecular flexibility index (Phi) is 8.77. The number of thiol groups is 1. The summed E-state index contributed by atoms with van der Waals surface area (Å²) in [7, 11) is 0. The first-order valence-corrected chi connectivity index (χ1v) is 6.50. The Morgan fingerprint density at radius 2 is 1.69 bits per heavy atom. The van der Waals surface area contributed by atoms with Gasteiger partial charge in [0.25, 0.3) is 0 Å². The summed E-state index contributed by atoms with van der Waals surface area (Å²) in [6.45, 7) is 6.64. The highest BCUT2D eigenvalue weighted by molar-refractivity contribution is 8.20. The van der Waals surface area contributed by atoms with E-state index in [4.69, 9.17) is 12.2 Å². The highest BCUT2D eigenvalue weighted by atomic mass is 32.2. The Morgan fingerprint density at radius 3 is 2.00 bits per heavy atom. The lowest BCUT2D eigenvalue weighted by atomic mass is 10.3. The minimum Gasteiger partial charge on any atom is -0.358 e. The molecule has 0 fully saturated rings. The summed E-state index contributed by atoms with van der Waals surface area (Å²) in [6.07, 6.45) is 4.94. The SMILES string of the molecule is C=[SH]C(=S)N(CCCC)CCCC. The van der Waals surface area contributed by atoms with Gasteiger partial charge < -0.3 is 4.90 Å². The molecule has 0 aromatic carbocycles. The maximum absolute atomic E-state index is 5.25. The van der Waals surface area contributed by atoms with Crippen molar-refractivity contribution in [2.75, 3.05) is 13.1 Å². The van der Waals surface area contributed by atoms with Gasteiger partial charge in [0.1, 0.15) is 4.32 Å². The molecule has 0 rings (SSSR count). The Labute approximate surface area is 91.5 Å². The Hall–Kier alpha value is 0.110. The molecule has 0 N–H and O–H groups in total. The molecule has 0 atom stereocenters. The van der Waals surface area contributed by atoms with Crippen LogP contribution in [0.1, 0.15) is 39.5 Å². The van der Waals surface area contributed by atoms with Gasteiger partial charge in [-0.2, -0.15) is 0 Å². The molecule has 0 aromatic heterocycles. The van der Waals surface area contributed by atoms with E-state index in [1.807, 2.05) is 0 Å². The second kappa shape index (κ2) is 8.70. The molecule has 0 aliphatic rings. The van der Waals surface area contributed by atoms with Crippen LogP contribution in [-0.4, -0.2) is 28.2 Å². The van der Waals surface area contributed by atoms with Crippen molar-refractivity contribution in [3.63, 3.8) is 0 Å². The van der Waals surface area contributed by atoms with Crippen molar-refractivity contribution in [2.45, 2.75) is 39.5 Å². The van der Waals surface area contributed by atoms with Gasteiger partial charge in [0.15, 0.2) is 0 Å². The predicted octanol–water partition coefficient (Wildman–Crippen LogP) is 3.07. The summed E-state index contributed by atoms with van der Waals surface area (Å²) < 4.78 is 1.00.